The average Bonchev–Trinajstić information content (AvgIpc) is 2.67. The number of alkyl halides is 3. The van der Waals surface area contributed by atoms with E-state index >= 15 is 0 Å². The fourth-order valence-corrected chi connectivity index (χ4v) is 5.16. The van der Waals surface area contributed by atoms with Crippen LogP contribution in [-0.4, -0.2) is 53.8 Å². The number of nitrogens with one attached hydrogen (secondary N) is 1. The number of fused-ring (bicyclic) bond motifs is 4. The molecule has 1 aromatic rings. The van der Waals surface area contributed by atoms with Gasteiger partial charge in [0, 0.05) is 38.6 Å². The number of rotatable bonds is 4. The highest BCUT2D eigenvalue weighted by molar-refractivity contribution is 5.78. The van der Waals surface area contributed by atoms with Crippen molar-refractivity contribution in [2.45, 2.75) is 44.4 Å². The maximum Gasteiger partial charge on any atom is 0.416 e. The molecule has 3 aliphatic rings. The lowest BCUT2D eigenvalue weighted by Gasteiger charge is -2.52. The zero-order chi connectivity index (χ0) is 20.6. The van der Waals surface area contributed by atoms with E-state index in [0.29, 0.717) is 29.9 Å². The normalized spacial score (nSPS) is 27.5. The number of carbonyl (C=O) groups excluding carboxylic acids is 2. The number of benzene rings is 1. The van der Waals surface area contributed by atoms with Gasteiger partial charge >= 0.3 is 6.18 Å². The molecular formula is C21H26F3N3O2. The highest BCUT2D eigenvalue weighted by Gasteiger charge is 2.44. The van der Waals surface area contributed by atoms with Crippen LogP contribution in [0.1, 0.15) is 36.8 Å². The van der Waals surface area contributed by atoms with E-state index in [1.54, 1.807) is 6.07 Å². The summed E-state index contributed by atoms with van der Waals surface area (Å²) in [5, 5.41) is 2.74. The van der Waals surface area contributed by atoms with Gasteiger partial charge in [-0.1, -0.05) is 12.1 Å². The summed E-state index contributed by atoms with van der Waals surface area (Å²) >= 11 is 0. The molecule has 2 unspecified atom stereocenters. The Hall–Kier alpha value is -2.09. The summed E-state index contributed by atoms with van der Waals surface area (Å²) in [4.78, 5) is 28.8. The van der Waals surface area contributed by atoms with Crippen molar-refractivity contribution in [3.8, 4) is 0 Å². The van der Waals surface area contributed by atoms with E-state index in [4.69, 9.17) is 0 Å². The first kappa shape index (κ1) is 20.2. The van der Waals surface area contributed by atoms with Crippen molar-refractivity contribution in [3.63, 3.8) is 0 Å². The molecule has 1 N–H and O–H groups in total. The predicted octanol–water partition coefficient (Wildman–Crippen LogP) is 2.65. The first-order chi connectivity index (χ1) is 13.8. The zero-order valence-electron chi connectivity index (χ0n) is 16.3. The van der Waals surface area contributed by atoms with Gasteiger partial charge in [-0.3, -0.25) is 14.5 Å². The number of carbonyl (C=O) groups is 2. The van der Waals surface area contributed by atoms with Crippen LogP contribution in [0.3, 0.4) is 0 Å². The Bertz CT molecular complexity index is 783. The molecule has 1 aromatic carbocycles. The summed E-state index contributed by atoms with van der Waals surface area (Å²) < 4.78 is 38.4. The Labute approximate surface area is 168 Å². The van der Waals surface area contributed by atoms with Crippen LogP contribution in [0.2, 0.25) is 0 Å². The highest BCUT2D eigenvalue weighted by Crippen LogP contribution is 2.37. The molecule has 4 rings (SSSR count). The third-order valence-electron chi connectivity index (χ3n) is 6.37. The van der Waals surface area contributed by atoms with Crippen LogP contribution in [0.15, 0.2) is 24.3 Å². The minimum atomic E-state index is -4.39. The van der Waals surface area contributed by atoms with Gasteiger partial charge in [0.05, 0.1) is 12.1 Å². The Balaban J connectivity index is 1.30. The Morgan fingerprint density at radius 3 is 2.83 bits per heavy atom. The molecule has 5 nitrogen and oxygen atoms in total. The largest absolute Gasteiger partial charge is 0.416 e. The van der Waals surface area contributed by atoms with Gasteiger partial charge in [-0.05, 0) is 48.8 Å². The van der Waals surface area contributed by atoms with Crippen LogP contribution in [0.5, 0.6) is 0 Å². The van der Waals surface area contributed by atoms with E-state index in [2.05, 4.69) is 15.1 Å². The summed E-state index contributed by atoms with van der Waals surface area (Å²) in [5.41, 5.74) is -0.278. The number of amides is 2. The van der Waals surface area contributed by atoms with Gasteiger partial charge in [-0.2, -0.15) is 13.2 Å². The molecule has 158 valence electrons. The van der Waals surface area contributed by atoms with E-state index in [-0.39, 0.29) is 24.9 Å². The van der Waals surface area contributed by atoms with Crippen LogP contribution >= 0.6 is 0 Å². The van der Waals surface area contributed by atoms with Crippen LogP contribution in [0, 0.1) is 11.8 Å². The van der Waals surface area contributed by atoms with Crippen molar-refractivity contribution in [3.05, 3.63) is 35.4 Å². The van der Waals surface area contributed by atoms with Crippen molar-refractivity contribution in [1.82, 2.24) is 15.1 Å². The van der Waals surface area contributed by atoms with Crippen molar-refractivity contribution in [1.29, 1.82) is 0 Å². The fourth-order valence-electron chi connectivity index (χ4n) is 5.16. The van der Waals surface area contributed by atoms with Crippen LogP contribution in [-0.2, 0) is 22.3 Å². The van der Waals surface area contributed by atoms with Crippen LogP contribution in [0.4, 0.5) is 13.2 Å². The van der Waals surface area contributed by atoms with E-state index in [0.717, 1.165) is 51.0 Å². The van der Waals surface area contributed by atoms with Gasteiger partial charge in [-0.15, -0.1) is 0 Å². The summed E-state index contributed by atoms with van der Waals surface area (Å²) in [7, 11) is 0. The molecule has 0 radical (unpaired) electrons. The molecule has 3 atom stereocenters. The molecule has 8 heteroatoms. The Morgan fingerprint density at radius 2 is 2.03 bits per heavy atom. The molecule has 3 aliphatic heterocycles. The molecule has 0 saturated carbocycles. The average molecular weight is 409 g/mol. The van der Waals surface area contributed by atoms with Crippen molar-refractivity contribution in [2.24, 2.45) is 11.8 Å². The quantitative estimate of drug-likeness (QED) is 0.832. The third-order valence-corrected chi connectivity index (χ3v) is 6.37. The van der Waals surface area contributed by atoms with Gasteiger partial charge in [0.2, 0.25) is 11.8 Å². The SMILES string of the molecule is O=C(CN1CC2CC(C1)[C@H]1CCCC(=O)N1C2)NCc1cccc(C(F)(F)F)c1. The monoisotopic (exact) mass is 409 g/mol. The lowest BCUT2D eigenvalue weighted by molar-refractivity contribution is -0.145. The second kappa shape index (κ2) is 7.97. The standard InChI is InChI=1S/C21H26F3N3O2/c22-21(23,24)17-4-1-3-14(8-17)9-25-19(28)13-26-10-15-7-16(12-26)18-5-2-6-20(29)27(18)11-15/h1,3-4,8,15-16,18H,2,5-7,9-13H2,(H,25,28)/t15?,16?,18-/m1/s1. The van der Waals surface area contributed by atoms with Crippen molar-refractivity contribution < 1.29 is 22.8 Å². The first-order valence-electron chi connectivity index (χ1n) is 10.2. The molecule has 3 saturated heterocycles. The van der Waals surface area contributed by atoms with Crippen LogP contribution in [0.25, 0.3) is 0 Å². The maximum atomic E-state index is 12.8. The molecule has 0 spiro atoms. The second-order valence-electron chi connectivity index (χ2n) is 8.54. The van der Waals surface area contributed by atoms with E-state index in [9.17, 15) is 22.8 Å². The minimum Gasteiger partial charge on any atom is -0.351 e. The molecule has 0 aromatic heterocycles. The minimum absolute atomic E-state index is 0.0777. The summed E-state index contributed by atoms with van der Waals surface area (Å²) in [6.07, 6.45) is -0.647. The number of halogens is 3. The topological polar surface area (TPSA) is 52.7 Å². The van der Waals surface area contributed by atoms with Gasteiger partial charge in [0.1, 0.15) is 0 Å². The molecule has 2 amide bonds. The number of hydrogen-bond donors (Lipinski definition) is 1. The zero-order valence-corrected chi connectivity index (χ0v) is 16.3. The van der Waals surface area contributed by atoms with E-state index in [1.165, 1.54) is 6.07 Å². The van der Waals surface area contributed by atoms with E-state index in [1.807, 2.05) is 0 Å². The second-order valence-corrected chi connectivity index (χ2v) is 8.54. The molecule has 0 aliphatic carbocycles. The summed E-state index contributed by atoms with van der Waals surface area (Å²) in [6, 6.07) is 5.32. The Morgan fingerprint density at radius 1 is 1.21 bits per heavy atom. The highest BCUT2D eigenvalue weighted by atomic mass is 19.4. The lowest BCUT2D eigenvalue weighted by atomic mass is 9.76. The lowest BCUT2D eigenvalue weighted by Crippen LogP contribution is -2.61. The molecule has 29 heavy (non-hydrogen) atoms. The summed E-state index contributed by atoms with van der Waals surface area (Å²) in [5.74, 6) is 0.883. The van der Waals surface area contributed by atoms with Crippen LogP contribution < -0.4 is 5.32 Å². The molecule has 3 fully saturated rings. The third kappa shape index (κ3) is 4.57. The smallest absolute Gasteiger partial charge is 0.351 e. The maximum absolute atomic E-state index is 12.8. The number of nitrogens with zero attached hydrogens (tertiary/aromatic N) is 2. The predicted molar refractivity (Wildman–Crippen MR) is 101 cm³/mol. The van der Waals surface area contributed by atoms with Gasteiger partial charge < -0.3 is 10.2 Å². The van der Waals surface area contributed by atoms with Crippen molar-refractivity contribution >= 4 is 11.8 Å². The fraction of sp³-hybridized carbons (Fsp3) is 0.619. The van der Waals surface area contributed by atoms with Gasteiger partial charge in [0.25, 0.3) is 0 Å². The van der Waals surface area contributed by atoms with E-state index < -0.39 is 11.7 Å². The number of hydrogen-bond acceptors (Lipinski definition) is 3. The molecular weight excluding hydrogens is 383 g/mol. The number of piperidine rings is 3. The van der Waals surface area contributed by atoms with Gasteiger partial charge in [-0.25, -0.2) is 0 Å². The molecule has 2 bridgehead atoms. The molecule has 3 heterocycles. The Kier molecular flexibility index (Phi) is 5.55. The summed E-state index contributed by atoms with van der Waals surface area (Å²) in [6.45, 7) is 2.68. The first-order valence-corrected chi connectivity index (χ1v) is 10.2. The number of likely N-dealkylation sites (tertiary alicyclic amines) is 1. The van der Waals surface area contributed by atoms with Gasteiger partial charge in [0.15, 0.2) is 0 Å². The van der Waals surface area contributed by atoms with Crippen molar-refractivity contribution in [2.75, 3.05) is 26.2 Å².